The minimum Gasteiger partial charge on any atom is -0.498 e. The van der Waals surface area contributed by atoms with E-state index in [0.29, 0.717) is 44.4 Å². The minimum atomic E-state index is -1.31. The molecule has 40 heavy (non-hydrogen) atoms. The molecule has 2 N–H and O–H groups in total. The summed E-state index contributed by atoms with van der Waals surface area (Å²) in [7, 11) is 0. The Hall–Kier alpha value is -3.80. The first-order chi connectivity index (χ1) is 19.1. The molecule has 2 saturated heterocycles. The maximum absolute atomic E-state index is 14.7. The zero-order valence-corrected chi connectivity index (χ0v) is 22.6. The van der Waals surface area contributed by atoms with Crippen molar-refractivity contribution in [2.24, 2.45) is 0 Å². The number of piperidine rings is 1. The molecule has 2 fully saturated rings. The summed E-state index contributed by atoms with van der Waals surface area (Å²) < 4.78 is 30.0. The number of aromatic nitrogens is 3. The number of carbonyl (C=O) groups is 2. The van der Waals surface area contributed by atoms with E-state index in [-0.39, 0.29) is 36.4 Å². The number of urea groups is 1. The monoisotopic (exact) mass is 556 g/mol. The van der Waals surface area contributed by atoms with Crippen molar-refractivity contribution in [1.29, 1.82) is 0 Å². The van der Waals surface area contributed by atoms with Crippen molar-refractivity contribution in [1.82, 2.24) is 24.8 Å². The number of imidazole rings is 1. The maximum Gasteiger partial charge on any atom is 0.327 e. The van der Waals surface area contributed by atoms with Gasteiger partial charge in [0, 0.05) is 31.2 Å². The molecular weight excluding hydrogens is 522 g/mol. The van der Waals surface area contributed by atoms with Crippen molar-refractivity contribution in [3.63, 3.8) is 0 Å². The van der Waals surface area contributed by atoms with Gasteiger partial charge in [0.2, 0.25) is 0 Å². The van der Waals surface area contributed by atoms with Gasteiger partial charge in [-0.25, -0.2) is 23.4 Å². The van der Waals surface area contributed by atoms with Crippen molar-refractivity contribution in [3.05, 3.63) is 64.2 Å². The van der Waals surface area contributed by atoms with Gasteiger partial charge < -0.3 is 20.1 Å². The zero-order chi connectivity index (χ0) is 28.6. The van der Waals surface area contributed by atoms with Crippen LogP contribution in [0.1, 0.15) is 57.1 Å². The first kappa shape index (κ1) is 27.8. The largest absolute Gasteiger partial charge is 0.498 e. The number of hydrogen-bond donors (Lipinski definition) is 2. The highest BCUT2D eigenvalue weighted by Crippen LogP contribution is 2.34. The Labute approximate surface area is 230 Å². The van der Waals surface area contributed by atoms with E-state index in [9.17, 15) is 28.3 Å². The second-order valence-corrected chi connectivity index (χ2v) is 11.2. The van der Waals surface area contributed by atoms with Crippen LogP contribution in [-0.4, -0.2) is 74.3 Å². The summed E-state index contributed by atoms with van der Waals surface area (Å²) in [6.07, 6.45) is 2.24. The van der Waals surface area contributed by atoms with Crippen LogP contribution < -0.4 is 16.1 Å². The summed E-state index contributed by atoms with van der Waals surface area (Å²) in [5.41, 5.74) is 1.16. The van der Waals surface area contributed by atoms with Gasteiger partial charge in [-0.3, -0.25) is 14.0 Å². The summed E-state index contributed by atoms with van der Waals surface area (Å²) >= 11 is 0. The molecule has 1 aromatic carbocycles. The van der Waals surface area contributed by atoms with Crippen molar-refractivity contribution < 1.29 is 28.0 Å². The molecule has 0 spiro atoms. The number of likely N-dealkylation sites (tertiary alicyclic amines) is 2. The second kappa shape index (κ2) is 11.0. The highest BCUT2D eigenvalue weighted by molar-refractivity contribution is 5.75. The molecule has 214 valence electrons. The fourth-order valence-corrected chi connectivity index (χ4v) is 6.35. The Kier molecular flexibility index (Phi) is 7.63. The molecule has 1 unspecified atom stereocenters. The molecule has 0 saturated carbocycles. The van der Waals surface area contributed by atoms with E-state index < -0.39 is 40.2 Å². The van der Waals surface area contributed by atoms with E-state index in [1.807, 2.05) is 6.07 Å². The van der Waals surface area contributed by atoms with Crippen molar-refractivity contribution in [2.75, 3.05) is 26.2 Å². The molecule has 3 atom stereocenters. The van der Waals surface area contributed by atoms with E-state index >= 15 is 0 Å². The topological polar surface area (TPSA) is 123 Å². The third-order valence-corrected chi connectivity index (χ3v) is 8.66. The van der Waals surface area contributed by atoms with Gasteiger partial charge in [-0.1, -0.05) is 12.1 Å². The number of nitrogens with zero attached hydrogens (tertiary/aromatic N) is 4. The lowest BCUT2D eigenvalue weighted by molar-refractivity contribution is -0.897. The van der Waals surface area contributed by atoms with Gasteiger partial charge in [0.1, 0.15) is 6.54 Å². The molecule has 0 bridgehead atoms. The highest BCUT2D eigenvalue weighted by Gasteiger charge is 2.43. The number of halogens is 2. The number of carboxylic acid groups (broad SMARTS) is 1. The number of benzene rings is 1. The number of quaternary nitrogens is 1. The van der Waals surface area contributed by atoms with Crippen LogP contribution in [0.2, 0.25) is 0 Å². The molecule has 0 radical (unpaired) electrons. The molecule has 12 heteroatoms. The number of rotatable bonds is 4. The van der Waals surface area contributed by atoms with Crippen LogP contribution in [0, 0.1) is 11.6 Å². The summed E-state index contributed by atoms with van der Waals surface area (Å²) in [5.74, 6) is -2.50. The summed E-state index contributed by atoms with van der Waals surface area (Å²) in [6, 6.07) is 6.25. The second-order valence-electron chi connectivity index (χ2n) is 11.2. The lowest BCUT2D eigenvalue weighted by Gasteiger charge is -2.43. The van der Waals surface area contributed by atoms with E-state index in [1.165, 1.54) is 12.1 Å². The van der Waals surface area contributed by atoms with Gasteiger partial charge in [0.15, 0.2) is 17.3 Å². The molecule has 2 aromatic heterocycles. The predicted octanol–water partition coefficient (Wildman–Crippen LogP) is 2.86. The van der Waals surface area contributed by atoms with Gasteiger partial charge in [-0.05, 0) is 63.3 Å². The smallest absolute Gasteiger partial charge is 0.327 e. The van der Waals surface area contributed by atoms with Crippen LogP contribution in [-0.2, 0) is 0 Å². The lowest BCUT2D eigenvalue weighted by Crippen LogP contribution is -2.66. The van der Waals surface area contributed by atoms with Crippen molar-refractivity contribution >= 4 is 23.3 Å². The lowest BCUT2D eigenvalue weighted by atomic mass is 9.92. The molecule has 4 heterocycles. The number of nitrogens with one attached hydrogen (secondary N) is 2. The molecular formula is C28H34F2N6O4. The summed E-state index contributed by atoms with van der Waals surface area (Å²) in [5, 5.41) is 15.5. The molecule has 10 nitrogen and oxygen atoms in total. The van der Waals surface area contributed by atoms with Gasteiger partial charge in [0.25, 0.3) is 6.09 Å². The Bertz CT molecular complexity index is 1460. The standard InChI is InChI=1S/C28H34F2N6O4/c1-17(2)36(28(39)40)15-18(21-5-3-6-22(29)24(21)30)8-9-19(16-36)32-26(37)34-13-10-20(11-14-34)35-23-7-4-12-31-25(23)33-27(35)38/h3-7,12,17-20H,8-11,13-16H2,1-2H3,(H2-,31,32,33,37,38,39,40)/t18-,19-,36?/m1/s1. The van der Waals surface area contributed by atoms with Crippen LogP contribution in [0.5, 0.6) is 0 Å². The van der Waals surface area contributed by atoms with E-state index in [2.05, 4.69) is 15.3 Å². The Morgan fingerprint density at radius 3 is 2.55 bits per heavy atom. The fraction of sp³-hybridized carbons (Fsp3) is 0.500. The van der Waals surface area contributed by atoms with Crippen LogP contribution >= 0.6 is 0 Å². The first-order valence-electron chi connectivity index (χ1n) is 13.7. The Morgan fingerprint density at radius 1 is 1.10 bits per heavy atom. The van der Waals surface area contributed by atoms with E-state index in [0.717, 1.165) is 11.6 Å². The third-order valence-electron chi connectivity index (χ3n) is 8.66. The zero-order valence-electron chi connectivity index (χ0n) is 22.6. The van der Waals surface area contributed by atoms with Crippen LogP contribution in [0.3, 0.4) is 0 Å². The molecule has 0 aliphatic carbocycles. The van der Waals surface area contributed by atoms with Crippen molar-refractivity contribution in [2.45, 2.75) is 63.6 Å². The fourth-order valence-electron chi connectivity index (χ4n) is 6.35. The van der Waals surface area contributed by atoms with Crippen LogP contribution in [0.15, 0.2) is 41.3 Å². The number of carbonyl (C=O) groups excluding carboxylic acids is 2. The molecule has 2 aliphatic heterocycles. The average molecular weight is 557 g/mol. The Morgan fingerprint density at radius 2 is 1.85 bits per heavy atom. The summed E-state index contributed by atoms with van der Waals surface area (Å²) in [4.78, 5) is 47.1. The van der Waals surface area contributed by atoms with Crippen LogP contribution in [0.25, 0.3) is 11.2 Å². The molecule has 3 amide bonds. The van der Waals surface area contributed by atoms with Gasteiger partial charge in [-0.2, -0.15) is 0 Å². The summed E-state index contributed by atoms with van der Waals surface area (Å²) in [6.45, 7) is 4.46. The number of pyridine rings is 1. The number of hydrogen-bond acceptors (Lipinski definition) is 5. The number of aromatic amines is 1. The average Bonchev–Trinajstić information content (AvgIpc) is 3.13. The number of amides is 3. The molecule has 2 aliphatic rings. The van der Waals surface area contributed by atoms with E-state index in [1.54, 1.807) is 35.6 Å². The minimum absolute atomic E-state index is 0.0341. The van der Waals surface area contributed by atoms with Gasteiger partial charge in [0.05, 0.1) is 24.1 Å². The number of H-pyrrole nitrogens is 1. The normalized spacial score (nSPS) is 24.3. The number of fused-ring (bicyclic) bond motifs is 1. The third kappa shape index (κ3) is 5.07. The Balaban J connectivity index is 1.30. The van der Waals surface area contributed by atoms with E-state index in [4.69, 9.17) is 0 Å². The van der Waals surface area contributed by atoms with Gasteiger partial charge >= 0.3 is 11.7 Å². The predicted molar refractivity (Wildman–Crippen MR) is 141 cm³/mol. The SMILES string of the molecule is CC(C)[N+]1(C(=O)[O-])C[C@H](NC(=O)N2CCC(n3c(=O)[nH]c4ncccc43)CC2)CC[C@@H](c2cccc(F)c2F)C1. The first-order valence-corrected chi connectivity index (χ1v) is 13.7. The van der Waals surface area contributed by atoms with Crippen molar-refractivity contribution in [3.8, 4) is 0 Å². The van der Waals surface area contributed by atoms with Crippen LogP contribution in [0.4, 0.5) is 18.4 Å². The highest BCUT2D eigenvalue weighted by atomic mass is 19.2. The van der Waals surface area contributed by atoms with Gasteiger partial charge in [-0.15, -0.1) is 0 Å². The maximum atomic E-state index is 14.7. The molecule has 5 rings (SSSR count). The quantitative estimate of drug-likeness (QED) is 0.479. The molecule has 3 aromatic rings.